The molecular weight excluding hydrogens is 542 g/mol. The van der Waals surface area contributed by atoms with Crippen LogP contribution < -0.4 is 9.47 Å². The molecule has 5 heterocycles. The number of aliphatic hydroxyl groups excluding tert-OH is 1. The first-order chi connectivity index (χ1) is 20.4. The van der Waals surface area contributed by atoms with Crippen LogP contribution >= 0.6 is 0 Å². The number of halogens is 2. The summed E-state index contributed by atoms with van der Waals surface area (Å²) in [5.74, 6) is -0.829. The fourth-order valence-corrected chi connectivity index (χ4v) is 6.82. The Morgan fingerprint density at radius 2 is 1.79 bits per heavy atom. The van der Waals surface area contributed by atoms with Crippen molar-refractivity contribution in [3.05, 3.63) is 47.2 Å². The number of phenolic OH excluding ortho intramolecular Hbond substituents is 1. The van der Waals surface area contributed by atoms with E-state index in [-0.39, 0.29) is 46.8 Å². The van der Waals surface area contributed by atoms with Gasteiger partial charge in [-0.05, 0) is 99.5 Å². The van der Waals surface area contributed by atoms with Gasteiger partial charge in [-0.1, -0.05) is 13.0 Å². The molecule has 4 aromatic rings. The minimum Gasteiger partial charge on any atom is -0.508 e. The number of hydrogen-bond donors (Lipinski definition) is 2. The number of aryl methyl sites for hydroxylation is 2. The molecule has 0 amide bonds. The van der Waals surface area contributed by atoms with Gasteiger partial charge < -0.3 is 19.7 Å². The van der Waals surface area contributed by atoms with Gasteiger partial charge in [-0.3, -0.25) is 4.90 Å². The van der Waals surface area contributed by atoms with Crippen LogP contribution in [0.2, 0.25) is 0 Å². The normalized spacial score (nSPS) is 17.5. The Morgan fingerprint density at radius 3 is 2.52 bits per heavy atom. The number of aliphatic hydroxyl groups is 1. The minimum absolute atomic E-state index is 0.0124. The summed E-state index contributed by atoms with van der Waals surface area (Å²) in [5, 5.41) is 19.7. The van der Waals surface area contributed by atoms with Crippen LogP contribution in [-0.2, 0) is 12.8 Å². The highest BCUT2D eigenvalue weighted by Crippen LogP contribution is 2.42. The average Bonchev–Trinajstić information content (AvgIpc) is 3.49. The van der Waals surface area contributed by atoms with Crippen LogP contribution in [0.1, 0.15) is 57.2 Å². The molecule has 7 rings (SSSR count). The number of phenols is 1. The molecule has 0 unspecified atom stereocenters. The van der Waals surface area contributed by atoms with E-state index in [4.69, 9.17) is 19.6 Å². The molecule has 222 valence electrons. The lowest BCUT2D eigenvalue weighted by molar-refractivity contribution is 0.107. The minimum atomic E-state index is -0.674. The van der Waals surface area contributed by atoms with E-state index in [9.17, 15) is 9.50 Å². The van der Waals surface area contributed by atoms with Crippen LogP contribution in [0.3, 0.4) is 0 Å². The molecule has 0 aliphatic carbocycles. The third-order valence-corrected chi connectivity index (χ3v) is 8.65. The van der Waals surface area contributed by atoms with Crippen LogP contribution in [0, 0.1) is 11.6 Å². The van der Waals surface area contributed by atoms with E-state index < -0.39 is 5.82 Å². The fourth-order valence-electron chi connectivity index (χ4n) is 6.82. The molecule has 0 spiro atoms. The first kappa shape index (κ1) is 28.5. The Bertz CT molecular complexity index is 1640. The van der Waals surface area contributed by atoms with Crippen molar-refractivity contribution in [2.45, 2.75) is 64.3 Å². The standard InChI is InChI=1S/C30H30F2N4O3.C2H6O/c1-2-19-21(31)8-7-17-14-18(37)15-20(23(17)19)26-25(32)27-24-22(33-26)6-3-13-38-28(24)35-29(34-27)39-16-30-9-4-11-36(30)12-5-10-30;1-2-3/h7-8,14-15,37H,2-6,9-13,16H2,1H3;3H,2H2,1H3. The van der Waals surface area contributed by atoms with Gasteiger partial charge in [0.2, 0.25) is 5.88 Å². The summed E-state index contributed by atoms with van der Waals surface area (Å²) in [6.45, 7) is 6.78. The zero-order valence-corrected chi connectivity index (χ0v) is 24.1. The van der Waals surface area contributed by atoms with E-state index in [1.165, 1.54) is 12.1 Å². The number of pyridine rings is 1. The molecule has 42 heavy (non-hydrogen) atoms. The maximum absolute atomic E-state index is 16.5. The Balaban J connectivity index is 0.00000101. The topological polar surface area (TPSA) is 101 Å². The molecule has 0 atom stereocenters. The van der Waals surface area contributed by atoms with E-state index in [2.05, 4.69) is 14.9 Å². The smallest absolute Gasteiger partial charge is 0.320 e. The Kier molecular flexibility index (Phi) is 7.85. The quantitative estimate of drug-likeness (QED) is 0.310. The largest absolute Gasteiger partial charge is 0.508 e. The van der Waals surface area contributed by atoms with Gasteiger partial charge in [-0.15, -0.1) is 0 Å². The van der Waals surface area contributed by atoms with Gasteiger partial charge in [0.05, 0.1) is 23.2 Å². The second-order valence-corrected chi connectivity index (χ2v) is 11.2. The molecule has 0 saturated carbocycles. The molecular formula is C32H36F2N4O4. The highest BCUT2D eigenvalue weighted by Gasteiger charge is 2.45. The van der Waals surface area contributed by atoms with Gasteiger partial charge in [-0.25, -0.2) is 13.8 Å². The number of rotatable bonds is 5. The Hall–Kier alpha value is -3.63. The zero-order chi connectivity index (χ0) is 29.4. The van der Waals surface area contributed by atoms with Crippen LogP contribution in [0.5, 0.6) is 17.6 Å². The molecule has 2 N–H and O–H groups in total. The van der Waals surface area contributed by atoms with Crippen molar-refractivity contribution < 1.29 is 28.5 Å². The molecule has 2 saturated heterocycles. The summed E-state index contributed by atoms with van der Waals surface area (Å²) in [7, 11) is 0. The van der Waals surface area contributed by atoms with Crippen LogP contribution in [-0.4, -0.2) is 68.5 Å². The molecule has 2 aromatic heterocycles. The SMILES string of the molecule is CCO.CCc1c(F)ccc2cc(O)cc(-c3nc4c5c(nc(OCC67CCCN6CCC7)nc5c3F)OCCC4)c12. The Morgan fingerprint density at radius 1 is 1.02 bits per heavy atom. The summed E-state index contributed by atoms with van der Waals surface area (Å²) in [4.78, 5) is 16.3. The van der Waals surface area contributed by atoms with E-state index in [1.54, 1.807) is 19.1 Å². The highest BCUT2D eigenvalue weighted by molar-refractivity contribution is 6.01. The highest BCUT2D eigenvalue weighted by atomic mass is 19.1. The summed E-state index contributed by atoms with van der Waals surface area (Å²) in [6.07, 6.45) is 6.04. The molecule has 3 aliphatic heterocycles. The van der Waals surface area contributed by atoms with Gasteiger partial charge in [0, 0.05) is 12.2 Å². The third kappa shape index (κ3) is 4.90. The van der Waals surface area contributed by atoms with Crippen molar-refractivity contribution >= 4 is 21.7 Å². The molecule has 10 heteroatoms. The van der Waals surface area contributed by atoms with E-state index in [0.717, 1.165) is 38.8 Å². The number of benzene rings is 2. The van der Waals surface area contributed by atoms with Crippen molar-refractivity contribution in [3.63, 3.8) is 0 Å². The summed E-state index contributed by atoms with van der Waals surface area (Å²) in [6, 6.07) is 6.05. The first-order valence-electron chi connectivity index (χ1n) is 14.8. The molecule has 2 aromatic carbocycles. The van der Waals surface area contributed by atoms with Gasteiger partial charge >= 0.3 is 6.01 Å². The molecule has 0 bridgehead atoms. The van der Waals surface area contributed by atoms with Crippen molar-refractivity contribution in [1.82, 2.24) is 19.9 Å². The second-order valence-electron chi connectivity index (χ2n) is 11.2. The van der Waals surface area contributed by atoms with Crippen LogP contribution in [0.25, 0.3) is 32.9 Å². The van der Waals surface area contributed by atoms with Gasteiger partial charge in [-0.2, -0.15) is 9.97 Å². The predicted molar refractivity (Wildman–Crippen MR) is 156 cm³/mol. The number of aromatic nitrogens is 3. The first-order valence-corrected chi connectivity index (χ1v) is 14.8. The summed E-state index contributed by atoms with van der Waals surface area (Å²) < 4.78 is 43.4. The van der Waals surface area contributed by atoms with Crippen molar-refractivity contribution in [3.8, 4) is 28.9 Å². The van der Waals surface area contributed by atoms with Crippen molar-refractivity contribution in [2.24, 2.45) is 0 Å². The van der Waals surface area contributed by atoms with Gasteiger partial charge in [0.15, 0.2) is 5.82 Å². The molecule has 0 radical (unpaired) electrons. The van der Waals surface area contributed by atoms with Crippen LogP contribution in [0.4, 0.5) is 8.78 Å². The number of fused-ring (bicyclic) bond motifs is 2. The zero-order valence-electron chi connectivity index (χ0n) is 24.1. The van der Waals surface area contributed by atoms with Gasteiger partial charge in [0.1, 0.15) is 29.4 Å². The molecule has 3 aliphatic rings. The maximum Gasteiger partial charge on any atom is 0.320 e. The second kappa shape index (κ2) is 11.6. The Labute approximate surface area is 243 Å². The van der Waals surface area contributed by atoms with E-state index in [0.29, 0.717) is 65.5 Å². The lowest BCUT2D eigenvalue weighted by Gasteiger charge is -2.31. The lowest BCUT2D eigenvalue weighted by atomic mass is 9.94. The summed E-state index contributed by atoms with van der Waals surface area (Å²) in [5.41, 5.74) is 1.46. The number of hydrogen-bond acceptors (Lipinski definition) is 8. The van der Waals surface area contributed by atoms with Crippen molar-refractivity contribution in [1.29, 1.82) is 0 Å². The average molecular weight is 579 g/mol. The maximum atomic E-state index is 16.5. The van der Waals surface area contributed by atoms with Crippen LogP contribution in [0.15, 0.2) is 24.3 Å². The monoisotopic (exact) mass is 578 g/mol. The molecule has 2 fully saturated rings. The summed E-state index contributed by atoms with van der Waals surface area (Å²) >= 11 is 0. The fraction of sp³-hybridized carbons (Fsp3) is 0.469. The van der Waals surface area contributed by atoms with Gasteiger partial charge in [0.25, 0.3) is 0 Å². The van der Waals surface area contributed by atoms with E-state index in [1.807, 2.05) is 6.92 Å². The predicted octanol–water partition coefficient (Wildman–Crippen LogP) is 5.72. The number of aromatic hydroxyl groups is 1. The number of nitrogens with zero attached hydrogens (tertiary/aromatic N) is 4. The molecule has 8 nitrogen and oxygen atoms in total. The number of ether oxygens (including phenoxy) is 2. The van der Waals surface area contributed by atoms with Crippen molar-refractivity contribution in [2.75, 3.05) is 32.9 Å². The third-order valence-electron chi connectivity index (χ3n) is 8.65. The van der Waals surface area contributed by atoms with E-state index >= 15 is 4.39 Å². The lowest BCUT2D eigenvalue weighted by Crippen LogP contribution is -2.43.